The number of carbonyl (C=O) groups excluding carboxylic acids is 1. The Hall–Kier alpha value is -3.04. The van der Waals surface area contributed by atoms with E-state index >= 15 is 0 Å². The van der Waals surface area contributed by atoms with Gasteiger partial charge in [0.25, 0.3) is 0 Å². The molecule has 174 valence electrons. The standard InChI is InChI=1S/C23H19ClF3NO4S/c1-2-33(30,31)16-7-5-6-14(12-16)21(22(28)29)15-10-11-17(19(24)13-15)18-8-3-4-9-20(18)32-23(25,26)27/h3-13,21H,2H2,1H3,(H2,28,29). The van der Waals surface area contributed by atoms with E-state index in [1.54, 1.807) is 6.07 Å². The summed E-state index contributed by atoms with van der Waals surface area (Å²) in [6.07, 6.45) is -4.89. The van der Waals surface area contributed by atoms with E-state index in [9.17, 15) is 26.4 Å². The Morgan fingerprint density at radius 3 is 2.27 bits per heavy atom. The SMILES string of the molecule is CCS(=O)(=O)c1cccc(C(C(N)=O)c2ccc(-c3ccccc3OC(F)(F)F)c(Cl)c2)c1. The van der Waals surface area contributed by atoms with Gasteiger partial charge in [-0.3, -0.25) is 4.79 Å². The van der Waals surface area contributed by atoms with E-state index in [0.717, 1.165) is 0 Å². The number of carbonyl (C=O) groups is 1. The highest BCUT2D eigenvalue weighted by Gasteiger charge is 2.32. The Morgan fingerprint density at radius 1 is 1.00 bits per heavy atom. The molecule has 0 saturated heterocycles. The summed E-state index contributed by atoms with van der Waals surface area (Å²) in [5, 5.41) is 0.0642. The van der Waals surface area contributed by atoms with E-state index in [1.807, 2.05) is 0 Å². The van der Waals surface area contributed by atoms with E-state index in [-0.39, 0.29) is 26.8 Å². The maximum Gasteiger partial charge on any atom is 0.573 e. The van der Waals surface area contributed by atoms with Crippen LogP contribution in [0, 0.1) is 0 Å². The minimum Gasteiger partial charge on any atom is -0.405 e. The molecule has 0 aliphatic heterocycles. The second-order valence-electron chi connectivity index (χ2n) is 7.09. The fourth-order valence-electron chi connectivity index (χ4n) is 3.41. The number of sulfone groups is 1. The van der Waals surface area contributed by atoms with Crippen molar-refractivity contribution in [3.8, 4) is 16.9 Å². The maximum atomic E-state index is 12.8. The lowest BCUT2D eigenvalue weighted by atomic mass is 9.89. The van der Waals surface area contributed by atoms with Crippen molar-refractivity contribution in [2.24, 2.45) is 5.73 Å². The van der Waals surface area contributed by atoms with Crippen LogP contribution in [0.4, 0.5) is 13.2 Å². The zero-order chi connectivity index (χ0) is 24.4. The van der Waals surface area contributed by atoms with Crippen LogP contribution in [0.1, 0.15) is 24.0 Å². The topological polar surface area (TPSA) is 86.5 Å². The highest BCUT2D eigenvalue weighted by Crippen LogP contribution is 2.39. The van der Waals surface area contributed by atoms with Crippen molar-refractivity contribution in [2.45, 2.75) is 24.1 Å². The average Bonchev–Trinajstić information content (AvgIpc) is 2.73. The fourth-order valence-corrected chi connectivity index (χ4v) is 4.63. The highest BCUT2D eigenvalue weighted by molar-refractivity contribution is 7.91. The second-order valence-corrected chi connectivity index (χ2v) is 9.78. The van der Waals surface area contributed by atoms with Crippen molar-refractivity contribution in [3.63, 3.8) is 0 Å². The van der Waals surface area contributed by atoms with Gasteiger partial charge in [-0.15, -0.1) is 13.2 Å². The van der Waals surface area contributed by atoms with Crippen molar-refractivity contribution in [3.05, 3.63) is 82.9 Å². The summed E-state index contributed by atoms with van der Waals surface area (Å²) < 4.78 is 66.9. The van der Waals surface area contributed by atoms with Crippen molar-refractivity contribution in [2.75, 3.05) is 5.75 Å². The Balaban J connectivity index is 2.06. The van der Waals surface area contributed by atoms with Crippen LogP contribution >= 0.6 is 11.6 Å². The molecule has 0 heterocycles. The molecular weight excluding hydrogens is 479 g/mol. The van der Waals surface area contributed by atoms with E-state index < -0.39 is 33.8 Å². The largest absolute Gasteiger partial charge is 0.573 e. The first-order chi connectivity index (χ1) is 15.4. The van der Waals surface area contributed by atoms with Gasteiger partial charge in [-0.2, -0.15) is 0 Å². The Labute approximate surface area is 193 Å². The molecule has 3 rings (SSSR count). The molecule has 1 amide bonds. The summed E-state index contributed by atoms with van der Waals surface area (Å²) in [5.41, 5.74) is 6.68. The third-order valence-corrected chi connectivity index (χ3v) is 6.99. The quantitative estimate of drug-likeness (QED) is 0.479. The van der Waals surface area contributed by atoms with Gasteiger partial charge in [-0.25, -0.2) is 8.42 Å². The van der Waals surface area contributed by atoms with Crippen LogP contribution in [0.2, 0.25) is 5.02 Å². The van der Waals surface area contributed by atoms with Crippen LogP contribution < -0.4 is 10.5 Å². The minimum atomic E-state index is -4.89. The first-order valence-electron chi connectivity index (χ1n) is 9.69. The number of benzene rings is 3. The van der Waals surface area contributed by atoms with E-state index in [0.29, 0.717) is 11.1 Å². The molecule has 5 nitrogen and oxygen atoms in total. The number of hydrogen-bond acceptors (Lipinski definition) is 4. The van der Waals surface area contributed by atoms with Crippen LogP contribution in [0.25, 0.3) is 11.1 Å². The third kappa shape index (κ3) is 5.66. The molecule has 3 aromatic rings. The summed E-state index contributed by atoms with van der Waals surface area (Å²) in [6, 6.07) is 15.8. The van der Waals surface area contributed by atoms with Gasteiger partial charge in [0.1, 0.15) is 5.75 Å². The smallest absolute Gasteiger partial charge is 0.405 e. The number of ether oxygens (including phenoxy) is 1. The van der Waals surface area contributed by atoms with Crippen LogP contribution in [0.3, 0.4) is 0 Å². The molecule has 3 aromatic carbocycles. The molecule has 10 heteroatoms. The van der Waals surface area contributed by atoms with Crippen molar-refractivity contribution >= 4 is 27.3 Å². The molecule has 0 saturated carbocycles. The fraction of sp³-hybridized carbons (Fsp3) is 0.174. The average molecular weight is 498 g/mol. The molecule has 0 bridgehead atoms. The summed E-state index contributed by atoms with van der Waals surface area (Å²) in [4.78, 5) is 12.3. The Kier molecular flexibility index (Phi) is 7.04. The van der Waals surface area contributed by atoms with Crippen LogP contribution in [0.5, 0.6) is 5.75 Å². The van der Waals surface area contributed by atoms with Gasteiger partial charge in [-0.1, -0.05) is 61.0 Å². The van der Waals surface area contributed by atoms with E-state index in [2.05, 4.69) is 4.74 Å². The molecule has 0 aliphatic carbocycles. The summed E-state index contributed by atoms with van der Waals surface area (Å²) in [6.45, 7) is 1.51. The van der Waals surface area contributed by atoms with E-state index in [1.165, 1.54) is 67.6 Å². The number of halogens is 4. The molecule has 0 aromatic heterocycles. The number of amides is 1. The molecule has 33 heavy (non-hydrogen) atoms. The van der Waals surface area contributed by atoms with Crippen molar-refractivity contribution in [1.82, 2.24) is 0 Å². The van der Waals surface area contributed by atoms with Crippen LogP contribution in [-0.4, -0.2) is 26.4 Å². The number of nitrogens with two attached hydrogens (primary N) is 1. The zero-order valence-electron chi connectivity index (χ0n) is 17.3. The first-order valence-corrected chi connectivity index (χ1v) is 11.7. The Morgan fingerprint density at radius 2 is 1.67 bits per heavy atom. The van der Waals surface area contributed by atoms with Gasteiger partial charge in [0.15, 0.2) is 9.84 Å². The number of hydrogen-bond donors (Lipinski definition) is 1. The van der Waals surface area contributed by atoms with Gasteiger partial charge < -0.3 is 10.5 Å². The molecule has 2 N–H and O–H groups in total. The summed E-state index contributed by atoms with van der Waals surface area (Å²) in [7, 11) is -3.52. The second kappa shape index (κ2) is 9.44. The van der Waals surface area contributed by atoms with Crippen molar-refractivity contribution in [1.29, 1.82) is 0 Å². The van der Waals surface area contributed by atoms with E-state index in [4.69, 9.17) is 17.3 Å². The van der Waals surface area contributed by atoms with Gasteiger partial charge in [-0.05, 0) is 35.4 Å². The normalized spacial score (nSPS) is 12.9. The molecule has 0 spiro atoms. The molecule has 0 radical (unpaired) electrons. The monoisotopic (exact) mass is 497 g/mol. The minimum absolute atomic E-state index is 0.0506. The third-order valence-electron chi connectivity index (χ3n) is 4.94. The van der Waals surface area contributed by atoms with Gasteiger partial charge >= 0.3 is 6.36 Å². The van der Waals surface area contributed by atoms with Crippen LogP contribution in [-0.2, 0) is 14.6 Å². The molecule has 0 aliphatic rings. The van der Waals surface area contributed by atoms with Crippen LogP contribution in [0.15, 0.2) is 71.6 Å². The lowest BCUT2D eigenvalue weighted by Gasteiger charge is -2.18. The predicted octanol–water partition coefficient (Wildman–Crippen LogP) is 5.32. The van der Waals surface area contributed by atoms with Gasteiger partial charge in [0.2, 0.25) is 5.91 Å². The summed E-state index contributed by atoms with van der Waals surface area (Å²) >= 11 is 6.38. The Bertz CT molecular complexity index is 1290. The van der Waals surface area contributed by atoms with Gasteiger partial charge in [0.05, 0.1) is 16.6 Å². The lowest BCUT2D eigenvalue weighted by molar-refractivity contribution is -0.274. The number of rotatable bonds is 7. The maximum absolute atomic E-state index is 12.8. The highest BCUT2D eigenvalue weighted by atomic mass is 35.5. The molecular formula is C23H19ClF3NO4S. The summed E-state index contributed by atoms with van der Waals surface area (Å²) in [5.74, 6) is -2.31. The molecule has 0 fully saturated rings. The molecule has 1 unspecified atom stereocenters. The molecule has 1 atom stereocenters. The number of primary amides is 1. The zero-order valence-corrected chi connectivity index (χ0v) is 18.8. The lowest BCUT2D eigenvalue weighted by Crippen LogP contribution is -2.22. The first kappa shape index (κ1) is 24.6. The number of alkyl halides is 3. The van der Waals surface area contributed by atoms with Gasteiger partial charge in [0, 0.05) is 16.1 Å². The van der Waals surface area contributed by atoms with Crippen molar-refractivity contribution < 1.29 is 31.1 Å². The number of para-hydroxylation sites is 1. The predicted molar refractivity (Wildman–Crippen MR) is 119 cm³/mol.